The van der Waals surface area contributed by atoms with E-state index in [9.17, 15) is 13.2 Å². The Morgan fingerprint density at radius 2 is 1.92 bits per heavy atom. The van der Waals surface area contributed by atoms with Gasteiger partial charge in [0.05, 0.1) is 16.3 Å². The summed E-state index contributed by atoms with van der Waals surface area (Å²) in [5.74, 6) is -0.232. The van der Waals surface area contributed by atoms with Crippen LogP contribution in [-0.4, -0.2) is 60.7 Å². The first-order chi connectivity index (χ1) is 18.1. The number of nitrogen functional groups attached to an aromatic ring is 1. The molecule has 9 nitrogen and oxygen atoms in total. The van der Waals surface area contributed by atoms with E-state index in [0.29, 0.717) is 24.3 Å². The summed E-state index contributed by atoms with van der Waals surface area (Å²) in [6.45, 7) is 7.86. The normalized spacial score (nSPS) is 16.1. The second-order valence-electron chi connectivity index (χ2n) is 9.65. The molecule has 0 spiro atoms. The number of ketones is 1. The van der Waals surface area contributed by atoms with Gasteiger partial charge in [-0.3, -0.25) is 9.78 Å². The molecule has 4 rings (SSSR count). The second-order valence-corrected chi connectivity index (χ2v) is 11.6. The van der Waals surface area contributed by atoms with E-state index in [-0.39, 0.29) is 34.5 Å². The van der Waals surface area contributed by atoms with Crippen LogP contribution in [0.15, 0.2) is 53.7 Å². The smallest absolute Gasteiger partial charge is 0.243 e. The molecule has 1 saturated heterocycles. The number of hydrogen-bond acceptors (Lipinski definition) is 8. The summed E-state index contributed by atoms with van der Waals surface area (Å²) >= 11 is 0. The maximum absolute atomic E-state index is 13.5. The fraction of sp³-hybridized carbons (Fsp3) is 0.393. The lowest BCUT2D eigenvalue weighted by atomic mass is 10.0. The van der Waals surface area contributed by atoms with Crippen molar-refractivity contribution in [1.29, 1.82) is 0 Å². The fourth-order valence-corrected chi connectivity index (χ4v) is 6.43. The lowest BCUT2D eigenvalue weighted by Crippen LogP contribution is -2.43. The van der Waals surface area contributed by atoms with Crippen molar-refractivity contribution in [2.24, 2.45) is 5.73 Å². The minimum Gasteiger partial charge on any atom is -0.397 e. The number of carbonyl (C=O) groups excluding carboxylic acids is 1. The van der Waals surface area contributed by atoms with Gasteiger partial charge in [0, 0.05) is 67.8 Å². The molecule has 1 fully saturated rings. The van der Waals surface area contributed by atoms with Gasteiger partial charge in [-0.2, -0.15) is 4.31 Å². The van der Waals surface area contributed by atoms with Crippen molar-refractivity contribution in [3.63, 3.8) is 0 Å². The molecule has 1 aliphatic rings. The molecule has 0 saturated carbocycles. The van der Waals surface area contributed by atoms with Crippen LogP contribution in [0.2, 0.25) is 0 Å². The molecule has 3 heterocycles. The molecule has 3 aromatic rings. The minimum absolute atomic E-state index is 0.0882. The van der Waals surface area contributed by atoms with Crippen LogP contribution in [0.3, 0.4) is 0 Å². The third-order valence-electron chi connectivity index (χ3n) is 7.05. The van der Waals surface area contributed by atoms with E-state index in [1.165, 1.54) is 4.31 Å². The molecule has 0 radical (unpaired) electrons. The van der Waals surface area contributed by atoms with Crippen molar-refractivity contribution in [1.82, 2.24) is 14.3 Å². The number of benzene rings is 1. The third kappa shape index (κ3) is 5.72. The average molecular weight is 537 g/mol. The fourth-order valence-electron chi connectivity index (χ4n) is 4.94. The van der Waals surface area contributed by atoms with Gasteiger partial charge >= 0.3 is 0 Å². The van der Waals surface area contributed by atoms with Crippen molar-refractivity contribution in [2.45, 2.75) is 51.0 Å². The summed E-state index contributed by atoms with van der Waals surface area (Å²) in [5, 5.41) is 0. The number of sulfonamides is 1. The molecule has 1 atom stereocenters. The van der Waals surface area contributed by atoms with E-state index in [1.807, 2.05) is 26.8 Å². The number of rotatable bonds is 9. The van der Waals surface area contributed by atoms with Crippen molar-refractivity contribution >= 4 is 27.2 Å². The number of Topliss-reactive ketones (excluding diaryl/α,β-unsaturated/α-hetero) is 1. The number of nitrogens with zero attached hydrogens (tertiary/aromatic N) is 4. The monoisotopic (exact) mass is 536 g/mol. The number of pyridine rings is 2. The third-order valence-corrected chi connectivity index (χ3v) is 9.09. The van der Waals surface area contributed by atoms with Crippen LogP contribution in [0.5, 0.6) is 0 Å². The van der Waals surface area contributed by atoms with E-state index in [4.69, 9.17) is 11.5 Å². The van der Waals surface area contributed by atoms with Crippen molar-refractivity contribution in [3.05, 3.63) is 65.6 Å². The first kappa shape index (κ1) is 27.7. The topological polar surface area (TPSA) is 136 Å². The first-order valence-corrected chi connectivity index (χ1v) is 14.4. The Bertz CT molecular complexity index is 1420. The van der Waals surface area contributed by atoms with Crippen LogP contribution in [0.1, 0.15) is 48.3 Å². The molecular weight excluding hydrogens is 500 g/mol. The standard InChI is InChI=1S/C28H36N6O3S/c1-4-34(5-2)38(36,37)22-9-8-19(3)23(16-22)25-11-10-24(30)28(32-25)27(35)15-20-17-31-13-12-26(20)33-14-6-7-21(29)18-33/h8-13,16-17,21H,4-7,14-15,18,29-30H2,1-3H3/t21-/m0/s1. The average Bonchev–Trinajstić information content (AvgIpc) is 2.90. The summed E-state index contributed by atoms with van der Waals surface area (Å²) in [6.07, 6.45) is 5.50. The van der Waals surface area contributed by atoms with Crippen molar-refractivity contribution < 1.29 is 13.2 Å². The van der Waals surface area contributed by atoms with E-state index >= 15 is 0 Å². The van der Waals surface area contributed by atoms with Crippen LogP contribution >= 0.6 is 0 Å². The van der Waals surface area contributed by atoms with Crippen molar-refractivity contribution in [3.8, 4) is 11.3 Å². The van der Waals surface area contributed by atoms with Crippen LogP contribution < -0.4 is 16.4 Å². The van der Waals surface area contributed by atoms with Crippen LogP contribution in [0.4, 0.5) is 11.4 Å². The highest BCUT2D eigenvalue weighted by Crippen LogP contribution is 2.29. The predicted molar refractivity (Wildman–Crippen MR) is 151 cm³/mol. The molecule has 10 heteroatoms. The Morgan fingerprint density at radius 1 is 1.16 bits per heavy atom. The largest absolute Gasteiger partial charge is 0.397 e. The highest BCUT2D eigenvalue weighted by atomic mass is 32.2. The molecule has 0 aliphatic carbocycles. The molecule has 38 heavy (non-hydrogen) atoms. The Labute approximate surface area is 224 Å². The van der Waals surface area contributed by atoms with Crippen LogP contribution in [0.25, 0.3) is 11.3 Å². The molecule has 0 amide bonds. The van der Waals surface area contributed by atoms with Gasteiger partial charge in [-0.05, 0) is 55.7 Å². The molecular formula is C28H36N6O3S. The molecule has 1 aromatic carbocycles. The van der Waals surface area contributed by atoms with Gasteiger partial charge in [0.1, 0.15) is 5.69 Å². The van der Waals surface area contributed by atoms with Gasteiger partial charge in [-0.1, -0.05) is 19.9 Å². The summed E-state index contributed by atoms with van der Waals surface area (Å²) in [5.41, 5.74) is 16.5. The van der Waals surface area contributed by atoms with Crippen LogP contribution in [-0.2, 0) is 16.4 Å². The van der Waals surface area contributed by atoms with Gasteiger partial charge < -0.3 is 16.4 Å². The molecule has 0 unspecified atom stereocenters. The minimum atomic E-state index is -3.65. The van der Waals surface area contributed by atoms with E-state index < -0.39 is 10.0 Å². The number of nitrogens with two attached hydrogens (primary N) is 2. The predicted octanol–water partition coefficient (Wildman–Crippen LogP) is 3.42. The Kier molecular flexibility index (Phi) is 8.44. The molecule has 4 N–H and O–H groups in total. The Balaban J connectivity index is 1.66. The Morgan fingerprint density at radius 3 is 2.63 bits per heavy atom. The zero-order chi connectivity index (χ0) is 27.4. The SMILES string of the molecule is CCN(CC)S(=O)(=O)c1ccc(C)c(-c2ccc(N)c(C(=O)Cc3cnccc3N3CCC[C@H](N)C3)n2)c1. The zero-order valence-electron chi connectivity index (χ0n) is 22.2. The van der Waals surface area contributed by atoms with Gasteiger partial charge in [0.25, 0.3) is 0 Å². The van der Waals surface area contributed by atoms with E-state index in [0.717, 1.165) is 42.7 Å². The summed E-state index contributed by atoms with van der Waals surface area (Å²) < 4.78 is 27.6. The lowest BCUT2D eigenvalue weighted by molar-refractivity contribution is 0.0989. The van der Waals surface area contributed by atoms with Gasteiger partial charge in [-0.25, -0.2) is 13.4 Å². The van der Waals surface area contributed by atoms with Gasteiger partial charge in [-0.15, -0.1) is 0 Å². The molecule has 1 aliphatic heterocycles. The number of hydrogen-bond donors (Lipinski definition) is 2. The van der Waals surface area contributed by atoms with Gasteiger partial charge in [0.2, 0.25) is 10.0 Å². The lowest BCUT2D eigenvalue weighted by Gasteiger charge is -2.33. The number of piperidine rings is 1. The summed E-state index contributed by atoms with van der Waals surface area (Å²) in [7, 11) is -3.65. The van der Waals surface area contributed by atoms with Gasteiger partial charge in [0.15, 0.2) is 5.78 Å². The number of aryl methyl sites for hydroxylation is 1. The highest BCUT2D eigenvalue weighted by molar-refractivity contribution is 7.89. The summed E-state index contributed by atoms with van der Waals surface area (Å²) in [4.78, 5) is 24.7. The quantitative estimate of drug-likeness (QED) is 0.397. The van der Waals surface area contributed by atoms with Crippen LogP contribution in [0, 0.1) is 6.92 Å². The number of carbonyl (C=O) groups is 1. The maximum atomic E-state index is 13.5. The Hall–Kier alpha value is -3.34. The summed E-state index contributed by atoms with van der Waals surface area (Å²) in [6, 6.07) is 10.4. The van der Waals surface area contributed by atoms with Crippen molar-refractivity contribution in [2.75, 3.05) is 36.8 Å². The number of aromatic nitrogens is 2. The molecule has 2 aromatic heterocycles. The zero-order valence-corrected chi connectivity index (χ0v) is 23.0. The molecule has 202 valence electrons. The maximum Gasteiger partial charge on any atom is 0.243 e. The number of anilines is 2. The molecule has 0 bridgehead atoms. The van der Waals surface area contributed by atoms with E-state index in [2.05, 4.69) is 14.9 Å². The second kappa shape index (κ2) is 11.6. The highest BCUT2D eigenvalue weighted by Gasteiger charge is 2.24. The first-order valence-electron chi connectivity index (χ1n) is 13.0. The van der Waals surface area contributed by atoms with E-state index in [1.54, 1.807) is 42.7 Å².